The quantitative estimate of drug-likeness (QED) is 0.751. The molecular weight excluding hydrogens is 188 g/mol. The Kier molecular flexibility index (Phi) is 3.33. The Bertz CT molecular complexity index is 214. The molecule has 15 heavy (non-hydrogen) atoms. The van der Waals surface area contributed by atoms with Crippen LogP contribution in [0.15, 0.2) is 0 Å². The van der Waals surface area contributed by atoms with Crippen molar-refractivity contribution >= 4 is 0 Å². The van der Waals surface area contributed by atoms with Gasteiger partial charge in [-0.05, 0) is 33.6 Å². The molecule has 3 heteroatoms. The van der Waals surface area contributed by atoms with Crippen molar-refractivity contribution in [1.29, 1.82) is 0 Å². The smallest absolute Gasteiger partial charge is 0.0794 e. The molecule has 2 fully saturated rings. The third-order valence-corrected chi connectivity index (χ3v) is 3.98. The fourth-order valence-electron chi connectivity index (χ4n) is 2.78. The van der Waals surface area contributed by atoms with E-state index in [1.54, 1.807) is 0 Å². The first-order chi connectivity index (χ1) is 7.08. The minimum absolute atomic E-state index is 0.0601. The SMILES string of the molecule is CC(CC1CCN1C(C)C)N1CC(O)C1. The van der Waals surface area contributed by atoms with Crippen molar-refractivity contribution in [2.24, 2.45) is 0 Å². The van der Waals surface area contributed by atoms with Crippen LogP contribution in [-0.2, 0) is 0 Å². The molecule has 0 aliphatic carbocycles. The lowest BCUT2D eigenvalue weighted by Crippen LogP contribution is -2.58. The lowest BCUT2D eigenvalue weighted by Gasteiger charge is -2.48. The highest BCUT2D eigenvalue weighted by Gasteiger charge is 2.35. The van der Waals surface area contributed by atoms with Crippen LogP contribution in [0.25, 0.3) is 0 Å². The molecule has 3 nitrogen and oxygen atoms in total. The normalized spacial score (nSPS) is 31.4. The van der Waals surface area contributed by atoms with Crippen LogP contribution in [0.5, 0.6) is 0 Å². The summed E-state index contributed by atoms with van der Waals surface area (Å²) in [5, 5.41) is 9.26. The van der Waals surface area contributed by atoms with Crippen molar-refractivity contribution in [2.75, 3.05) is 19.6 Å². The van der Waals surface area contributed by atoms with Crippen molar-refractivity contribution in [3.8, 4) is 0 Å². The fourth-order valence-corrected chi connectivity index (χ4v) is 2.78. The van der Waals surface area contributed by atoms with Crippen molar-refractivity contribution < 1.29 is 5.11 Å². The summed E-state index contributed by atoms with van der Waals surface area (Å²) in [6.45, 7) is 9.90. The Labute approximate surface area is 93.1 Å². The summed E-state index contributed by atoms with van der Waals surface area (Å²) < 4.78 is 0. The van der Waals surface area contributed by atoms with E-state index in [1.807, 2.05) is 0 Å². The summed E-state index contributed by atoms with van der Waals surface area (Å²) in [4.78, 5) is 4.98. The molecule has 0 amide bonds. The molecule has 0 aromatic rings. The van der Waals surface area contributed by atoms with Crippen LogP contribution >= 0.6 is 0 Å². The number of β-amino-alcohol motifs (C(OH)–C–C–N with tert-alkyl or cyclic N) is 1. The molecule has 2 atom stereocenters. The highest BCUT2D eigenvalue weighted by atomic mass is 16.3. The molecule has 2 aliphatic rings. The van der Waals surface area contributed by atoms with Gasteiger partial charge >= 0.3 is 0 Å². The van der Waals surface area contributed by atoms with E-state index in [4.69, 9.17) is 0 Å². The monoisotopic (exact) mass is 212 g/mol. The Morgan fingerprint density at radius 1 is 1.27 bits per heavy atom. The summed E-state index contributed by atoms with van der Waals surface area (Å²) in [6, 6.07) is 2.12. The zero-order chi connectivity index (χ0) is 11.0. The minimum atomic E-state index is -0.0601. The van der Waals surface area contributed by atoms with E-state index in [0.717, 1.165) is 19.1 Å². The molecule has 0 bridgehead atoms. The summed E-state index contributed by atoms with van der Waals surface area (Å²) in [5.74, 6) is 0. The maximum absolute atomic E-state index is 9.26. The molecule has 1 N–H and O–H groups in total. The molecule has 0 saturated carbocycles. The number of rotatable bonds is 4. The van der Waals surface area contributed by atoms with E-state index >= 15 is 0 Å². The van der Waals surface area contributed by atoms with Gasteiger partial charge in [0.15, 0.2) is 0 Å². The number of hydrogen-bond donors (Lipinski definition) is 1. The van der Waals surface area contributed by atoms with Crippen LogP contribution < -0.4 is 0 Å². The third-order valence-electron chi connectivity index (χ3n) is 3.98. The highest BCUT2D eigenvalue weighted by molar-refractivity contribution is 4.91. The lowest BCUT2D eigenvalue weighted by atomic mass is 9.92. The van der Waals surface area contributed by atoms with E-state index < -0.39 is 0 Å². The fraction of sp³-hybridized carbons (Fsp3) is 1.00. The Morgan fingerprint density at radius 3 is 2.33 bits per heavy atom. The van der Waals surface area contributed by atoms with E-state index in [9.17, 15) is 5.11 Å². The second-order valence-electron chi connectivity index (χ2n) is 5.47. The van der Waals surface area contributed by atoms with E-state index in [-0.39, 0.29) is 6.10 Å². The van der Waals surface area contributed by atoms with Gasteiger partial charge in [0.25, 0.3) is 0 Å². The molecule has 0 aromatic carbocycles. The lowest BCUT2D eigenvalue weighted by molar-refractivity contribution is -0.0397. The van der Waals surface area contributed by atoms with Crippen molar-refractivity contribution in [1.82, 2.24) is 9.80 Å². The molecule has 2 aliphatic heterocycles. The zero-order valence-electron chi connectivity index (χ0n) is 10.2. The minimum Gasteiger partial charge on any atom is -0.390 e. The van der Waals surface area contributed by atoms with Crippen LogP contribution in [0, 0.1) is 0 Å². The largest absolute Gasteiger partial charge is 0.390 e. The summed E-state index contributed by atoms with van der Waals surface area (Å²) in [7, 11) is 0. The van der Waals surface area contributed by atoms with E-state index in [2.05, 4.69) is 30.6 Å². The number of hydrogen-bond acceptors (Lipinski definition) is 3. The topological polar surface area (TPSA) is 26.7 Å². The van der Waals surface area contributed by atoms with Crippen molar-refractivity contribution in [2.45, 2.75) is 57.8 Å². The van der Waals surface area contributed by atoms with Crippen LogP contribution in [0.1, 0.15) is 33.6 Å². The van der Waals surface area contributed by atoms with Gasteiger partial charge in [-0.25, -0.2) is 0 Å². The average molecular weight is 212 g/mol. The van der Waals surface area contributed by atoms with Crippen LogP contribution in [0.4, 0.5) is 0 Å². The van der Waals surface area contributed by atoms with Gasteiger partial charge in [0, 0.05) is 37.8 Å². The third kappa shape index (κ3) is 2.35. The molecule has 2 rings (SSSR count). The average Bonchev–Trinajstić information content (AvgIpc) is 2.05. The maximum atomic E-state index is 9.26. The number of likely N-dealkylation sites (tertiary alicyclic amines) is 2. The number of aliphatic hydroxyl groups excluding tert-OH is 1. The first-order valence-corrected chi connectivity index (χ1v) is 6.25. The maximum Gasteiger partial charge on any atom is 0.0794 e. The molecule has 0 aromatic heterocycles. The van der Waals surface area contributed by atoms with Gasteiger partial charge in [0.1, 0.15) is 0 Å². The Hall–Kier alpha value is -0.120. The standard InChI is InChI=1S/C12H24N2O/c1-9(2)14-5-4-11(14)6-10(3)13-7-12(15)8-13/h9-12,15H,4-8H2,1-3H3. The summed E-state index contributed by atoms with van der Waals surface area (Å²) in [6.07, 6.45) is 2.57. The summed E-state index contributed by atoms with van der Waals surface area (Å²) >= 11 is 0. The van der Waals surface area contributed by atoms with Gasteiger partial charge in [0.05, 0.1) is 6.10 Å². The first-order valence-electron chi connectivity index (χ1n) is 6.25. The van der Waals surface area contributed by atoms with Gasteiger partial charge in [-0.2, -0.15) is 0 Å². The second-order valence-corrected chi connectivity index (χ2v) is 5.47. The highest BCUT2D eigenvalue weighted by Crippen LogP contribution is 2.27. The van der Waals surface area contributed by atoms with E-state index in [0.29, 0.717) is 12.1 Å². The second kappa shape index (κ2) is 4.40. The first kappa shape index (κ1) is 11.4. The molecule has 2 heterocycles. The van der Waals surface area contributed by atoms with Gasteiger partial charge in [0.2, 0.25) is 0 Å². The predicted molar refractivity (Wildman–Crippen MR) is 61.9 cm³/mol. The van der Waals surface area contributed by atoms with Crippen LogP contribution in [0.2, 0.25) is 0 Å². The molecule has 88 valence electrons. The van der Waals surface area contributed by atoms with Crippen LogP contribution in [0.3, 0.4) is 0 Å². The Morgan fingerprint density at radius 2 is 1.93 bits per heavy atom. The zero-order valence-corrected chi connectivity index (χ0v) is 10.2. The van der Waals surface area contributed by atoms with E-state index in [1.165, 1.54) is 19.4 Å². The van der Waals surface area contributed by atoms with Gasteiger partial charge < -0.3 is 5.11 Å². The Balaban J connectivity index is 1.72. The predicted octanol–water partition coefficient (Wildman–Crippen LogP) is 0.924. The summed E-state index contributed by atoms with van der Waals surface area (Å²) in [5.41, 5.74) is 0. The number of nitrogens with zero attached hydrogens (tertiary/aromatic N) is 2. The molecular formula is C12H24N2O. The van der Waals surface area contributed by atoms with Crippen LogP contribution in [-0.4, -0.2) is 58.8 Å². The molecule has 0 radical (unpaired) electrons. The molecule has 2 unspecified atom stereocenters. The van der Waals surface area contributed by atoms with Crippen molar-refractivity contribution in [3.05, 3.63) is 0 Å². The van der Waals surface area contributed by atoms with Gasteiger partial charge in [-0.1, -0.05) is 0 Å². The van der Waals surface area contributed by atoms with Crippen molar-refractivity contribution in [3.63, 3.8) is 0 Å². The molecule has 2 saturated heterocycles. The molecule has 0 spiro atoms. The number of aliphatic hydroxyl groups is 1. The van der Waals surface area contributed by atoms with Gasteiger partial charge in [-0.15, -0.1) is 0 Å². The van der Waals surface area contributed by atoms with Gasteiger partial charge in [-0.3, -0.25) is 9.80 Å².